The Morgan fingerprint density at radius 1 is 0.875 bits per heavy atom. The van der Waals surface area contributed by atoms with Crippen LogP contribution in [0.25, 0.3) is 0 Å². The van der Waals surface area contributed by atoms with Crippen molar-refractivity contribution in [2.24, 2.45) is 46.3 Å². The Morgan fingerprint density at radius 2 is 1.53 bits per heavy atom. The number of carboxylic acid groups (broad SMARTS) is 1. The molecule has 5 rings (SSSR count). The quantitative estimate of drug-likeness (QED) is 0.529. The van der Waals surface area contributed by atoms with Crippen LogP contribution in [0.4, 0.5) is 0 Å². The summed E-state index contributed by atoms with van der Waals surface area (Å²) >= 11 is 0. The number of fused-ring (bicyclic) bond motifs is 5. The first kappa shape index (κ1) is 23.5. The molecule has 0 saturated heterocycles. The number of hydrogen-bond acceptors (Lipinski definition) is 2. The largest absolute Gasteiger partial charge is 0.478 e. The number of carboxylic acids is 1. The van der Waals surface area contributed by atoms with Crippen molar-refractivity contribution >= 4 is 11.8 Å². The monoisotopic (exact) mass is 438 g/mol. The molecule has 0 spiro atoms. The van der Waals surface area contributed by atoms with Gasteiger partial charge in [0, 0.05) is 5.92 Å². The number of Topliss-reactive ketones (excluding diaryl/α,β-unsaturated/α-hetero) is 1. The fourth-order valence-electron chi connectivity index (χ4n) is 8.72. The smallest absolute Gasteiger partial charge is 0.335 e. The van der Waals surface area contributed by atoms with Gasteiger partial charge in [-0.3, -0.25) is 4.79 Å². The lowest BCUT2D eigenvalue weighted by molar-refractivity contribution is -0.135. The van der Waals surface area contributed by atoms with E-state index in [1.165, 1.54) is 57.8 Å². The fourth-order valence-corrected chi connectivity index (χ4v) is 8.72. The van der Waals surface area contributed by atoms with E-state index in [2.05, 4.69) is 20.8 Å². The van der Waals surface area contributed by atoms with Gasteiger partial charge in [-0.2, -0.15) is 0 Å². The summed E-state index contributed by atoms with van der Waals surface area (Å²) in [6, 6.07) is 8.30. The minimum Gasteiger partial charge on any atom is -0.478 e. The van der Waals surface area contributed by atoms with Gasteiger partial charge in [0.25, 0.3) is 0 Å². The summed E-state index contributed by atoms with van der Waals surface area (Å²) in [7, 11) is 0. The van der Waals surface area contributed by atoms with E-state index in [-0.39, 0.29) is 0 Å². The first-order valence-corrected chi connectivity index (χ1v) is 13.0. The van der Waals surface area contributed by atoms with Crippen LogP contribution in [0.5, 0.6) is 0 Å². The number of rotatable bonds is 2. The zero-order valence-electron chi connectivity index (χ0n) is 20.5. The van der Waals surface area contributed by atoms with Crippen molar-refractivity contribution in [3.8, 4) is 0 Å². The first-order chi connectivity index (χ1) is 15.2. The van der Waals surface area contributed by atoms with Crippen molar-refractivity contribution in [3.05, 3.63) is 35.9 Å². The topological polar surface area (TPSA) is 54.4 Å². The molecule has 0 aliphatic heterocycles. The molecule has 0 bridgehead atoms. The molecule has 4 saturated carbocycles. The Hall–Kier alpha value is -1.64. The summed E-state index contributed by atoms with van der Waals surface area (Å²) in [4.78, 5) is 22.4. The Morgan fingerprint density at radius 3 is 2.16 bits per heavy atom. The highest BCUT2D eigenvalue weighted by molar-refractivity contribution is 5.87. The van der Waals surface area contributed by atoms with Gasteiger partial charge in [0.05, 0.1) is 5.56 Å². The summed E-state index contributed by atoms with van der Waals surface area (Å²) < 4.78 is 0. The van der Waals surface area contributed by atoms with Crippen LogP contribution < -0.4 is 0 Å². The van der Waals surface area contributed by atoms with Crippen molar-refractivity contribution in [3.63, 3.8) is 0 Å². The van der Waals surface area contributed by atoms with Crippen LogP contribution in [-0.2, 0) is 4.79 Å². The Bertz CT molecular complexity index is 832. The third-order valence-electron chi connectivity index (χ3n) is 10.4. The predicted octanol–water partition coefficient (Wildman–Crippen LogP) is 7.26. The van der Waals surface area contributed by atoms with Crippen molar-refractivity contribution in [1.29, 1.82) is 0 Å². The molecule has 3 nitrogen and oxygen atoms in total. The maximum Gasteiger partial charge on any atom is 0.335 e. The molecule has 3 heteroatoms. The minimum absolute atomic E-state index is 0.331. The third kappa shape index (κ3) is 4.05. The number of ketones is 1. The van der Waals surface area contributed by atoms with Gasteiger partial charge in [0.15, 0.2) is 0 Å². The van der Waals surface area contributed by atoms with Gasteiger partial charge in [-0.1, -0.05) is 45.4 Å². The lowest BCUT2D eigenvalue weighted by Crippen LogP contribution is -2.53. The van der Waals surface area contributed by atoms with Crippen LogP contribution in [-0.4, -0.2) is 16.9 Å². The fraction of sp³-hybridized carbons (Fsp3) is 0.724. The van der Waals surface area contributed by atoms with Gasteiger partial charge in [-0.15, -0.1) is 0 Å². The maximum absolute atomic E-state index is 12.2. The van der Waals surface area contributed by atoms with Crippen molar-refractivity contribution in [2.45, 2.75) is 85.5 Å². The number of benzene rings is 1. The van der Waals surface area contributed by atoms with E-state index < -0.39 is 5.97 Å². The van der Waals surface area contributed by atoms with Gasteiger partial charge < -0.3 is 5.11 Å². The molecule has 0 amide bonds. The van der Waals surface area contributed by atoms with Crippen LogP contribution >= 0.6 is 0 Å². The molecule has 176 valence electrons. The minimum atomic E-state index is -0.879. The van der Waals surface area contributed by atoms with E-state index in [0.717, 1.165) is 29.6 Å². The molecular formula is C29H42O3. The molecule has 0 heterocycles. The summed E-state index contributed by atoms with van der Waals surface area (Å²) in [6.07, 6.45) is 12.6. The number of carbonyl (C=O) groups excluding carboxylic acids is 1. The van der Waals surface area contributed by atoms with Crippen molar-refractivity contribution < 1.29 is 14.7 Å². The highest BCUT2D eigenvalue weighted by Gasteiger charge is 2.60. The number of aromatic carboxylic acids is 1. The van der Waals surface area contributed by atoms with Crippen LogP contribution in [0.2, 0.25) is 0 Å². The standard InChI is InChI=1S/C22H36O.C7H6O2/c1-14-9-11-21(3)16(13-14)5-6-17-19-8-7-18(15(2)23)22(19,4)12-10-20(17)21;8-7(9)6-4-2-1-3-5-6/h14,16-20H,5-13H2,1-4H3;1-5H,(H,8,9). The maximum atomic E-state index is 12.2. The van der Waals surface area contributed by atoms with E-state index in [1.54, 1.807) is 30.3 Å². The Kier molecular flexibility index (Phi) is 6.58. The van der Waals surface area contributed by atoms with Gasteiger partial charge >= 0.3 is 5.97 Å². The molecule has 32 heavy (non-hydrogen) atoms. The second kappa shape index (κ2) is 8.95. The van der Waals surface area contributed by atoms with E-state index in [4.69, 9.17) is 5.11 Å². The summed E-state index contributed by atoms with van der Waals surface area (Å²) in [5, 5.41) is 8.38. The molecule has 1 aromatic carbocycles. The molecule has 4 aliphatic carbocycles. The SMILES string of the molecule is CC(=O)C1CCC2C3CCC4CC(C)CCC4(C)C3CCC12C.O=C(O)c1ccccc1. The molecule has 0 radical (unpaired) electrons. The first-order valence-electron chi connectivity index (χ1n) is 13.0. The average Bonchev–Trinajstić information content (AvgIpc) is 3.13. The zero-order valence-corrected chi connectivity index (χ0v) is 20.5. The van der Waals surface area contributed by atoms with E-state index in [0.29, 0.717) is 28.1 Å². The van der Waals surface area contributed by atoms with Crippen molar-refractivity contribution in [2.75, 3.05) is 0 Å². The van der Waals surface area contributed by atoms with Crippen LogP contribution in [0.3, 0.4) is 0 Å². The molecule has 4 fully saturated rings. The highest BCUT2D eigenvalue weighted by atomic mass is 16.4. The normalized spacial score (nSPS) is 42.5. The van der Waals surface area contributed by atoms with E-state index in [1.807, 2.05) is 6.92 Å². The highest BCUT2D eigenvalue weighted by Crippen LogP contribution is 2.67. The lowest BCUT2D eigenvalue weighted by Gasteiger charge is -2.61. The number of carbonyl (C=O) groups is 2. The van der Waals surface area contributed by atoms with Crippen molar-refractivity contribution in [1.82, 2.24) is 0 Å². The molecule has 4 aliphatic rings. The zero-order chi connectivity index (χ0) is 23.1. The molecule has 8 unspecified atom stereocenters. The molecular weight excluding hydrogens is 396 g/mol. The van der Waals surface area contributed by atoms with Crippen LogP contribution in [0.1, 0.15) is 95.8 Å². The van der Waals surface area contributed by atoms with E-state index >= 15 is 0 Å². The Labute approximate surface area is 194 Å². The molecule has 1 aromatic rings. The second-order valence-corrected chi connectivity index (χ2v) is 12.0. The molecule has 0 aromatic heterocycles. The summed E-state index contributed by atoms with van der Waals surface area (Å²) in [5.74, 6) is 4.62. The van der Waals surface area contributed by atoms with Crippen LogP contribution in [0, 0.1) is 46.3 Å². The molecule has 1 N–H and O–H groups in total. The lowest BCUT2D eigenvalue weighted by atomic mass is 9.44. The van der Waals surface area contributed by atoms with Crippen LogP contribution in [0.15, 0.2) is 30.3 Å². The predicted molar refractivity (Wildman–Crippen MR) is 128 cm³/mol. The van der Waals surface area contributed by atoms with Gasteiger partial charge in [-0.25, -0.2) is 4.79 Å². The van der Waals surface area contributed by atoms with Gasteiger partial charge in [-0.05, 0) is 111 Å². The molecule has 8 atom stereocenters. The van der Waals surface area contributed by atoms with E-state index in [9.17, 15) is 9.59 Å². The summed E-state index contributed by atoms with van der Waals surface area (Å²) in [6.45, 7) is 9.45. The van der Waals surface area contributed by atoms with Gasteiger partial charge in [0.1, 0.15) is 5.78 Å². The third-order valence-corrected chi connectivity index (χ3v) is 10.4. The number of hydrogen-bond donors (Lipinski definition) is 1. The second-order valence-electron chi connectivity index (χ2n) is 12.0. The van der Waals surface area contributed by atoms with Gasteiger partial charge in [0.2, 0.25) is 0 Å². The average molecular weight is 439 g/mol. The summed E-state index contributed by atoms with van der Waals surface area (Å²) in [5.41, 5.74) is 1.28. The Balaban J connectivity index is 0.000000230.